The van der Waals surface area contributed by atoms with E-state index in [0.29, 0.717) is 6.42 Å². The maximum absolute atomic E-state index is 13.2. The normalized spacial score (nSPS) is 25.1. The van der Waals surface area contributed by atoms with Crippen molar-refractivity contribution in [2.24, 2.45) is 0 Å². The molecule has 0 radical (unpaired) electrons. The third kappa shape index (κ3) is 2.77. The Morgan fingerprint density at radius 1 is 1.20 bits per heavy atom. The summed E-state index contributed by atoms with van der Waals surface area (Å²) in [5, 5.41) is 0. The molecule has 1 unspecified atom stereocenters. The largest absolute Gasteiger partial charge is 0.248 e. The molecule has 1 fully saturated rings. The van der Waals surface area contributed by atoms with Gasteiger partial charge >= 0.3 is 0 Å². The highest BCUT2D eigenvalue weighted by atomic mass is 79.9. The number of benzene rings is 1. The van der Waals surface area contributed by atoms with Crippen LogP contribution in [-0.4, -0.2) is 5.92 Å². The molecular formula is C12H13BrF2. The first kappa shape index (κ1) is 11.1. The Labute approximate surface area is 96.8 Å². The number of hydrogen-bond donors (Lipinski definition) is 0. The predicted octanol–water partition coefficient (Wildman–Crippen LogP) is 4.74. The standard InChI is InChI=1S/C12H13BrF2/c13-11-5-3-9(4-6-11)10-2-1-7-12(14,15)8-10/h3-6,10H,1-2,7-8H2. The molecule has 1 aromatic carbocycles. The Hall–Kier alpha value is -0.440. The van der Waals surface area contributed by atoms with Crippen molar-refractivity contribution in [3.63, 3.8) is 0 Å². The average Bonchev–Trinajstić information content (AvgIpc) is 2.17. The van der Waals surface area contributed by atoms with E-state index in [1.54, 1.807) is 0 Å². The molecule has 2 rings (SSSR count). The molecule has 0 saturated heterocycles. The fourth-order valence-electron chi connectivity index (χ4n) is 2.19. The van der Waals surface area contributed by atoms with Crippen molar-refractivity contribution in [2.45, 2.75) is 37.5 Å². The molecule has 82 valence electrons. The van der Waals surface area contributed by atoms with Crippen LogP contribution < -0.4 is 0 Å². The minimum atomic E-state index is -2.46. The zero-order valence-corrected chi connectivity index (χ0v) is 9.94. The molecule has 15 heavy (non-hydrogen) atoms. The van der Waals surface area contributed by atoms with Gasteiger partial charge in [0.2, 0.25) is 5.92 Å². The maximum Gasteiger partial charge on any atom is 0.248 e. The first-order chi connectivity index (χ1) is 7.07. The summed E-state index contributed by atoms with van der Waals surface area (Å²) in [5.74, 6) is -2.43. The maximum atomic E-state index is 13.2. The van der Waals surface area contributed by atoms with Crippen LogP contribution in [0.5, 0.6) is 0 Å². The summed E-state index contributed by atoms with van der Waals surface area (Å²) in [4.78, 5) is 0. The van der Waals surface area contributed by atoms with Gasteiger partial charge in [-0.15, -0.1) is 0 Å². The van der Waals surface area contributed by atoms with E-state index >= 15 is 0 Å². The van der Waals surface area contributed by atoms with Gasteiger partial charge in [-0.3, -0.25) is 0 Å². The monoisotopic (exact) mass is 274 g/mol. The molecule has 0 spiro atoms. The Morgan fingerprint density at radius 2 is 1.87 bits per heavy atom. The summed E-state index contributed by atoms with van der Waals surface area (Å²) >= 11 is 3.34. The van der Waals surface area contributed by atoms with Crippen LogP contribution in [0.4, 0.5) is 8.78 Å². The topological polar surface area (TPSA) is 0 Å². The molecule has 0 bridgehead atoms. The highest BCUT2D eigenvalue weighted by Crippen LogP contribution is 2.41. The van der Waals surface area contributed by atoms with Crippen LogP contribution in [0.15, 0.2) is 28.7 Å². The fraction of sp³-hybridized carbons (Fsp3) is 0.500. The molecule has 1 atom stereocenters. The van der Waals surface area contributed by atoms with E-state index in [2.05, 4.69) is 15.9 Å². The lowest BCUT2D eigenvalue weighted by molar-refractivity contribution is -0.0408. The molecule has 1 aliphatic carbocycles. The lowest BCUT2D eigenvalue weighted by Crippen LogP contribution is -2.24. The predicted molar refractivity (Wildman–Crippen MR) is 60.3 cm³/mol. The van der Waals surface area contributed by atoms with Crippen LogP contribution in [0.1, 0.15) is 37.2 Å². The molecule has 1 saturated carbocycles. The van der Waals surface area contributed by atoms with Crippen molar-refractivity contribution < 1.29 is 8.78 Å². The minimum absolute atomic E-state index is 0.00856. The molecule has 0 heterocycles. The van der Waals surface area contributed by atoms with Crippen LogP contribution in [0.25, 0.3) is 0 Å². The van der Waals surface area contributed by atoms with Gasteiger partial charge in [0, 0.05) is 17.3 Å². The molecule has 1 aliphatic rings. The van der Waals surface area contributed by atoms with Gasteiger partial charge < -0.3 is 0 Å². The molecule has 0 amide bonds. The molecule has 0 aromatic heterocycles. The molecule has 1 aromatic rings. The Morgan fingerprint density at radius 3 is 2.47 bits per heavy atom. The van der Waals surface area contributed by atoms with Crippen molar-refractivity contribution in [1.29, 1.82) is 0 Å². The summed E-state index contributed by atoms with van der Waals surface area (Å²) in [6, 6.07) is 7.72. The Balaban J connectivity index is 2.13. The molecule has 0 aliphatic heterocycles. The SMILES string of the molecule is FC1(F)CCCC(c2ccc(Br)cc2)C1. The van der Waals surface area contributed by atoms with Crippen LogP contribution in [-0.2, 0) is 0 Å². The van der Waals surface area contributed by atoms with Gasteiger partial charge in [-0.25, -0.2) is 8.78 Å². The fourth-order valence-corrected chi connectivity index (χ4v) is 2.46. The van der Waals surface area contributed by atoms with Gasteiger partial charge in [-0.2, -0.15) is 0 Å². The first-order valence-corrected chi connectivity index (χ1v) is 5.99. The van der Waals surface area contributed by atoms with Crippen molar-refractivity contribution in [1.82, 2.24) is 0 Å². The summed E-state index contributed by atoms with van der Waals surface area (Å²) in [6.45, 7) is 0. The van der Waals surface area contributed by atoms with E-state index in [1.165, 1.54) is 0 Å². The lowest BCUT2D eigenvalue weighted by Gasteiger charge is -2.29. The molecular weight excluding hydrogens is 262 g/mol. The second-order valence-corrected chi connectivity index (χ2v) is 5.12. The third-order valence-corrected chi connectivity index (χ3v) is 3.51. The van der Waals surface area contributed by atoms with E-state index < -0.39 is 5.92 Å². The molecule has 0 N–H and O–H groups in total. The van der Waals surface area contributed by atoms with Crippen LogP contribution in [0.2, 0.25) is 0 Å². The Kier molecular flexibility index (Phi) is 3.10. The summed E-state index contributed by atoms with van der Waals surface area (Å²) < 4.78 is 27.4. The van der Waals surface area contributed by atoms with E-state index in [9.17, 15) is 8.78 Å². The summed E-state index contributed by atoms with van der Waals surface area (Å²) in [5.41, 5.74) is 1.04. The number of alkyl halides is 2. The molecule has 0 nitrogen and oxygen atoms in total. The van der Waals surface area contributed by atoms with Gasteiger partial charge in [0.25, 0.3) is 0 Å². The minimum Gasteiger partial charge on any atom is -0.207 e. The van der Waals surface area contributed by atoms with Crippen molar-refractivity contribution >= 4 is 15.9 Å². The van der Waals surface area contributed by atoms with Gasteiger partial charge in [-0.05, 0) is 36.5 Å². The second-order valence-electron chi connectivity index (χ2n) is 4.20. The van der Waals surface area contributed by atoms with Gasteiger partial charge in [-0.1, -0.05) is 28.1 Å². The van der Waals surface area contributed by atoms with E-state index in [4.69, 9.17) is 0 Å². The highest BCUT2D eigenvalue weighted by molar-refractivity contribution is 9.10. The van der Waals surface area contributed by atoms with Crippen molar-refractivity contribution in [3.8, 4) is 0 Å². The third-order valence-electron chi connectivity index (χ3n) is 2.98. The smallest absolute Gasteiger partial charge is 0.207 e. The number of hydrogen-bond acceptors (Lipinski definition) is 0. The Bertz CT molecular complexity index is 332. The average molecular weight is 275 g/mol. The quantitative estimate of drug-likeness (QED) is 0.694. The summed E-state index contributed by atoms with van der Waals surface area (Å²) in [7, 11) is 0. The van der Waals surface area contributed by atoms with E-state index in [-0.39, 0.29) is 18.8 Å². The van der Waals surface area contributed by atoms with Crippen LogP contribution >= 0.6 is 15.9 Å². The number of halogens is 3. The zero-order chi connectivity index (χ0) is 10.9. The first-order valence-electron chi connectivity index (χ1n) is 5.20. The van der Waals surface area contributed by atoms with Gasteiger partial charge in [0.1, 0.15) is 0 Å². The zero-order valence-electron chi connectivity index (χ0n) is 8.35. The van der Waals surface area contributed by atoms with Crippen molar-refractivity contribution in [2.75, 3.05) is 0 Å². The lowest BCUT2D eigenvalue weighted by atomic mass is 9.82. The second kappa shape index (κ2) is 4.20. The van der Waals surface area contributed by atoms with E-state index in [1.807, 2.05) is 24.3 Å². The van der Waals surface area contributed by atoms with E-state index in [0.717, 1.165) is 16.5 Å². The van der Waals surface area contributed by atoms with Crippen molar-refractivity contribution in [3.05, 3.63) is 34.3 Å². The highest BCUT2D eigenvalue weighted by Gasteiger charge is 2.36. The molecule has 3 heteroatoms. The van der Waals surface area contributed by atoms with Gasteiger partial charge in [0.05, 0.1) is 0 Å². The van der Waals surface area contributed by atoms with Crippen LogP contribution in [0, 0.1) is 0 Å². The van der Waals surface area contributed by atoms with Gasteiger partial charge in [0.15, 0.2) is 0 Å². The number of rotatable bonds is 1. The van der Waals surface area contributed by atoms with Crippen LogP contribution in [0.3, 0.4) is 0 Å². The summed E-state index contributed by atoms with van der Waals surface area (Å²) in [6.07, 6.45) is 1.58.